The molecule has 2 aliphatic rings. The van der Waals surface area contributed by atoms with Gasteiger partial charge in [0, 0.05) is 0 Å². The number of carbonyl (C=O) groups excluding carboxylic acids is 1. The second-order valence-electron chi connectivity index (χ2n) is 4.71. The van der Waals surface area contributed by atoms with E-state index >= 15 is 0 Å². The molecule has 1 unspecified atom stereocenters. The Kier molecular flexibility index (Phi) is 2.49. The van der Waals surface area contributed by atoms with Gasteiger partial charge in [0.15, 0.2) is 12.5 Å². The van der Waals surface area contributed by atoms with E-state index in [0.717, 1.165) is 36.7 Å². The van der Waals surface area contributed by atoms with Crippen molar-refractivity contribution < 1.29 is 13.9 Å². The zero-order valence-electron chi connectivity index (χ0n) is 9.41. The number of fused-ring (bicyclic) bond motifs is 2. The Hall–Kier alpha value is -1.26. The molecule has 2 atom stereocenters. The number of ether oxygens (including phenoxy) is 1. The van der Waals surface area contributed by atoms with Gasteiger partial charge < -0.3 is 4.74 Å². The summed E-state index contributed by atoms with van der Waals surface area (Å²) in [6.07, 6.45) is 2.74. The molecule has 0 amide bonds. The van der Waals surface area contributed by atoms with Crippen molar-refractivity contribution in [2.75, 3.05) is 6.61 Å². The van der Waals surface area contributed by atoms with Gasteiger partial charge in [-0.15, -0.1) is 0 Å². The van der Waals surface area contributed by atoms with Crippen LogP contribution in [0.3, 0.4) is 0 Å². The summed E-state index contributed by atoms with van der Waals surface area (Å²) in [6.45, 7) is 0.437. The predicted octanol–water partition coefficient (Wildman–Crippen LogP) is 1.50. The van der Waals surface area contributed by atoms with E-state index in [2.05, 4.69) is 5.32 Å². The topological polar surface area (TPSA) is 38.3 Å². The Morgan fingerprint density at radius 2 is 2.41 bits per heavy atom. The second-order valence-corrected chi connectivity index (χ2v) is 4.71. The Morgan fingerprint density at radius 3 is 3.18 bits per heavy atom. The molecule has 0 bridgehead atoms. The van der Waals surface area contributed by atoms with Gasteiger partial charge in [-0.25, -0.2) is 4.39 Å². The molecule has 1 aromatic carbocycles. The van der Waals surface area contributed by atoms with Gasteiger partial charge in [-0.3, -0.25) is 10.1 Å². The molecule has 1 aromatic rings. The maximum Gasteiger partial charge on any atom is 0.165 e. The Labute approximate surface area is 99.0 Å². The lowest BCUT2D eigenvalue weighted by Crippen LogP contribution is -2.45. The molecule has 90 valence electrons. The number of carbonyl (C=O) groups is 1. The maximum atomic E-state index is 13.7. The fourth-order valence-electron chi connectivity index (χ4n) is 2.92. The predicted molar refractivity (Wildman–Crippen MR) is 60.0 cm³/mol. The first-order chi connectivity index (χ1) is 8.25. The van der Waals surface area contributed by atoms with E-state index in [1.807, 2.05) is 6.07 Å². The van der Waals surface area contributed by atoms with Crippen LogP contribution in [0.1, 0.15) is 24.0 Å². The van der Waals surface area contributed by atoms with E-state index in [-0.39, 0.29) is 11.4 Å². The summed E-state index contributed by atoms with van der Waals surface area (Å²) in [5.74, 6) is -0.155. The minimum absolute atomic E-state index is 0.155. The van der Waals surface area contributed by atoms with Crippen LogP contribution in [0.15, 0.2) is 18.2 Å². The molecule has 0 radical (unpaired) electrons. The van der Waals surface area contributed by atoms with E-state index in [9.17, 15) is 9.18 Å². The average Bonchev–Trinajstić information content (AvgIpc) is 2.75. The van der Waals surface area contributed by atoms with Crippen LogP contribution in [0, 0.1) is 5.82 Å². The molecule has 3 rings (SSSR count). The van der Waals surface area contributed by atoms with Crippen molar-refractivity contribution in [1.29, 1.82) is 0 Å². The molecule has 17 heavy (non-hydrogen) atoms. The van der Waals surface area contributed by atoms with Crippen molar-refractivity contribution in [3.8, 4) is 0 Å². The zero-order valence-corrected chi connectivity index (χ0v) is 9.41. The van der Waals surface area contributed by atoms with Gasteiger partial charge in [0.05, 0.1) is 12.1 Å². The number of hydrogen-bond donors (Lipinski definition) is 1. The molecular weight excluding hydrogens is 221 g/mol. The zero-order chi connectivity index (χ0) is 11.9. The molecule has 0 aromatic heterocycles. The highest BCUT2D eigenvalue weighted by Gasteiger charge is 2.44. The highest BCUT2D eigenvalue weighted by atomic mass is 19.1. The van der Waals surface area contributed by atoms with E-state index in [0.29, 0.717) is 6.61 Å². The van der Waals surface area contributed by atoms with Gasteiger partial charge in [0.1, 0.15) is 5.82 Å². The van der Waals surface area contributed by atoms with Crippen LogP contribution in [0.25, 0.3) is 0 Å². The molecule has 0 saturated carbocycles. The standard InChI is InChI=1S/C13H14FNO2/c14-11-5-1-4-10-9(11)3-2-6-13(10)8-17-12(7-16)15-13/h1,4-5,7,12,15H,2-3,6,8H2/t12?,13-/m1/s1. The fraction of sp³-hybridized carbons (Fsp3) is 0.462. The van der Waals surface area contributed by atoms with Crippen LogP contribution in [-0.2, 0) is 21.5 Å². The summed E-state index contributed by atoms with van der Waals surface area (Å²) in [5.41, 5.74) is 1.34. The Morgan fingerprint density at radius 1 is 1.53 bits per heavy atom. The minimum atomic E-state index is -0.566. The van der Waals surface area contributed by atoms with Crippen molar-refractivity contribution in [2.24, 2.45) is 0 Å². The average molecular weight is 235 g/mol. The molecule has 4 heteroatoms. The Balaban J connectivity index is 2.05. The third kappa shape index (κ3) is 1.59. The second kappa shape index (κ2) is 3.89. The van der Waals surface area contributed by atoms with Crippen molar-refractivity contribution in [2.45, 2.75) is 31.0 Å². The number of nitrogens with one attached hydrogen (secondary N) is 1. The molecule has 1 fully saturated rings. The number of halogens is 1. The molecule has 1 aliphatic heterocycles. The molecular formula is C13H14FNO2. The lowest BCUT2D eigenvalue weighted by Gasteiger charge is -2.35. The van der Waals surface area contributed by atoms with Gasteiger partial charge in [-0.05, 0) is 36.5 Å². The van der Waals surface area contributed by atoms with Crippen molar-refractivity contribution in [3.05, 3.63) is 35.1 Å². The maximum absolute atomic E-state index is 13.7. The molecule has 1 spiro atoms. The Bertz CT molecular complexity index is 463. The van der Waals surface area contributed by atoms with Crippen LogP contribution in [0.2, 0.25) is 0 Å². The van der Waals surface area contributed by atoms with E-state index in [4.69, 9.17) is 4.74 Å². The van der Waals surface area contributed by atoms with Crippen LogP contribution in [-0.4, -0.2) is 19.1 Å². The molecule has 1 N–H and O–H groups in total. The summed E-state index contributed by atoms with van der Waals surface area (Å²) in [6, 6.07) is 5.14. The number of hydrogen-bond acceptors (Lipinski definition) is 3. The summed E-state index contributed by atoms with van der Waals surface area (Å²) in [7, 11) is 0. The fourth-order valence-corrected chi connectivity index (χ4v) is 2.92. The summed E-state index contributed by atoms with van der Waals surface area (Å²) in [4.78, 5) is 10.8. The molecule has 3 nitrogen and oxygen atoms in total. The number of benzene rings is 1. The first kappa shape index (κ1) is 10.9. The molecule has 1 heterocycles. The highest BCUT2D eigenvalue weighted by Crippen LogP contribution is 2.39. The summed E-state index contributed by atoms with van der Waals surface area (Å²) >= 11 is 0. The van der Waals surface area contributed by atoms with Crippen LogP contribution >= 0.6 is 0 Å². The summed E-state index contributed by atoms with van der Waals surface area (Å²) < 4.78 is 19.1. The van der Waals surface area contributed by atoms with Crippen LogP contribution in [0.4, 0.5) is 4.39 Å². The number of aldehydes is 1. The summed E-state index contributed by atoms with van der Waals surface area (Å²) in [5, 5.41) is 3.18. The highest BCUT2D eigenvalue weighted by molar-refractivity contribution is 5.57. The van der Waals surface area contributed by atoms with E-state index in [1.165, 1.54) is 6.07 Å². The minimum Gasteiger partial charge on any atom is -0.354 e. The quantitative estimate of drug-likeness (QED) is 0.750. The molecule has 1 saturated heterocycles. The van der Waals surface area contributed by atoms with E-state index in [1.54, 1.807) is 6.07 Å². The third-order valence-corrected chi connectivity index (χ3v) is 3.72. The van der Waals surface area contributed by atoms with Crippen molar-refractivity contribution in [3.63, 3.8) is 0 Å². The van der Waals surface area contributed by atoms with Crippen LogP contribution < -0.4 is 5.32 Å². The number of rotatable bonds is 1. The lowest BCUT2D eigenvalue weighted by molar-refractivity contribution is -0.116. The van der Waals surface area contributed by atoms with Gasteiger partial charge in [0.25, 0.3) is 0 Å². The van der Waals surface area contributed by atoms with E-state index < -0.39 is 6.23 Å². The normalized spacial score (nSPS) is 31.5. The first-order valence-electron chi connectivity index (χ1n) is 5.88. The van der Waals surface area contributed by atoms with Crippen molar-refractivity contribution in [1.82, 2.24) is 5.32 Å². The first-order valence-corrected chi connectivity index (χ1v) is 5.88. The van der Waals surface area contributed by atoms with Gasteiger partial charge in [-0.2, -0.15) is 0 Å². The van der Waals surface area contributed by atoms with Gasteiger partial charge >= 0.3 is 0 Å². The van der Waals surface area contributed by atoms with Gasteiger partial charge in [0.2, 0.25) is 0 Å². The largest absolute Gasteiger partial charge is 0.354 e. The van der Waals surface area contributed by atoms with Crippen LogP contribution in [0.5, 0.6) is 0 Å². The SMILES string of the molecule is O=CC1N[C@]2(CCCc3c(F)cccc32)CO1. The monoisotopic (exact) mass is 235 g/mol. The lowest BCUT2D eigenvalue weighted by atomic mass is 9.77. The smallest absolute Gasteiger partial charge is 0.165 e. The molecule has 1 aliphatic carbocycles. The third-order valence-electron chi connectivity index (χ3n) is 3.72. The van der Waals surface area contributed by atoms with Crippen molar-refractivity contribution >= 4 is 6.29 Å². The van der Waals surface area contributed by atoms with Gasteiger partial charge in [-0.1, -0.05) is 12.1 Å².